The molecular formula is C21H16N4O. The number of fused-ring (bicyclic) bond motifs is 1. The van der Waals surface area contributed by atoms with Crippen molar-refractivity contribution in [2.75, 3.05) is 5.73 Å². The molecule has 5 nitrogen and oxygen atoms in total. The highest BCUT2D eigenvalue weighted by Gasteiger charge is 2.18. The van der Waals surface area contributed by atoms with Crippen molar-refractivity contribution >= 4 is 22.5 Å². The van der Waals surface area contributed by atoms with Crippen LogP contribution in [-0.4, -0.2) is 15.9 Å². The van der Waals surface area contributed by atoms with Crippen molar-refractivity contribution in [2.24, 2.45) is 5.73 Å². The number of anilines is 1. The van der Waals surface area contributed by atoms with Crippen molar-refractivity contribution in [1.82, 2.24) is 9.97 Å². The first-order valence-electron chi connectivity index (χ1n) is 8.16. The molecule has 0 atom stereocenters. The van der Waals surface area contributed by atoms with Gasteiger partial charge in [-0.05, 0) is 18.2 Å². The Labute approximate surface area is 150 Å². The average molecular weight is 340 g/mol. The second-order valence-electron chi connectivity index (χ2n) is 5.91. The Kier molecular flexibility index (Phi) is 3.82. The number of rotatable bonds is 3. The molecule has 126 valence electrons. The molecule has 26 heavy (non-hydrogen) atoms. The van der Waals surface area contributed by atoms with Gasteiger partial charge in [-0.25, -0.2) is 9.97 Å². The van der Waals surface area contributed by atoms with Gasteiger partial charge in [0.1, 0.15) is 0 Å². The minimum Gasteiger partial charge on any atom is -0.398 e. The molecule has 1 heterocycles. The second kappa shape index (κ2) is 6.29. The lowest BCUT2D eigenvalue weighted by Gasteiger charge is -2.12. The molecule has 1 aromatic heterocycles. The number of carbonyl (C=O) groups excluding carboxylic acids is 1. The number of hydrogen-bond donors (Lipinski definition) is 2. The highest BCUT2D eigenvalue weighted by molar-refractivity contribution is 6.03. The van der Waals surface area contributed by atoms with E-state index in [4.69, 9.17) is 16.5 Å². The van der Waals surface area contributed by atoms with Gasteiger partial charge in [-0.15, -0.1) is 0 Å². The summed E-state index contributed by atoms with van der Waals surface area (Å²) in [7, 11) is 0. The lowest BCUT2D eigenvalue weighted by molar-refractivity contribution is 0.100. The molecule has 0 saturated heterocycles. The summed E-state index contributed by atoms with van der Waals surface area (Å²) in [5, 5.41) is 0.928. The molecule has 0 aliphatic rings. The fourth-order valence-corrected chi connectivity index (χ4v) is 3.03. The third-order valence-corrected chi connectivity index (χ3v) is 4.24. The van der Waals surface area contributed by atoms with Gasteiger partial charge in [-0.1, -0.05) is 54.6 Å². The summed E-state index contributed by atoms with van der Waals surface area (Å²) in [6.45, 7) is 0. The van der Waals surface area contributed by atoms with E-state index in [9.17, 15) is 4.79 Å². The highest BCUT2D eigenvalue weighted by Crippen LogP contribution is 2.32. The average Bonchev–Trinajstić information content (AvgIpc) is 2.67. The molecule has 0 aliphatic carbocycles. The maximum atomic E-state index is 11.9. The maximum Gasteiger partial charge on any atom is 0.249 e. The first kappa shape index (κ1) is 15.8. The molecule has 0 unspecified atom stereocenters. The van der Waals surface area contributed by atoms with Crippen molar-refractivity contribution in [3.05, 3.63) is 78.4 Å². The Morgan fingerprint density at radius 3 is 2.31 bits per heavy atom. The van der Waals surface area contributed by atoms with Gasteiger partial charge in [0.15, 0.2) is 5.82 Å². The van der Waals surface area contributed by atoms with E-state index >= 15 is 0 Å². The van der Waals surface area contributed by atoms with Gasteiger partial charge in [0.25, 0.3) is 0 Å². The first-order valence-corrected chi connectivity index (χ1v) is 8.16. The quantitative estimate of drug-likeness (QED) is 0.557. The summed E-state index contributed by atoms with van der Waals surface area (Å²) in [6, 6.07) is 22.6. The molecule has 5 heteroatoms. The predicted molar refractivity (Wildman–Crippen MR) is 103 cm³/mol. The Morgan fingerprint density at radius 1 is 0.808 bits per heavy atom. The fourth-order valence-electron chi connectivity index (χ4n) is 3.03. The van der Waals surface area contributed by atoms with Crippen LogP contribution in [0.25, 0.3) is 33.5 Å². The van der Waals surface area contributed by atoms with Crippen LogP contribution in [0.15, 0.2) is 72.8 Å². The largest absolute Gasteiger partial charge is 0.398 e. The monoisotopic (exact) mass is 340 g/mol. The normalized spacial score (nSPS) is 10.8. The highest BCUT2D eigenvalue weighted by atomic mass is 16.1. The summed E-state index contributed by atoms with van der Waals surface area (Å²) >= 11 is 0. The van der Waals surface area contributed by atoms with E-state index in [-0.39, 0.29) is 0 Å². The summed E-state index contributed by atoms with van der Waals surface area (Å²) < 4.78 is 0. The molecule has 0 radical (unpaired) electrons. The van der Waals surface area contributed by atoms with Crippen LogP contribution in [0.2, 0.25) is 0 Å². The molecule has 0 bridgehead atoms. The number of carbonyl (C=O) groups is 1. The van der Waals surface area contributed by atoms with E-state index in [1.807, 2.05) is 54.6 Å². The third kappa shape index (κ3) is 2.65. The standard InChI is InChI=1S/C21H16N4O/c22-16-11-6-10-15(20(23)26)18(16)21-24-17-12-5-4-9-14(17)19(25-21)13-7-2-1-3-8-13/h1-12H,22H2,(H2,23,26). The topological polar surface area (TPSA) is 94.9 Å². The lowest BCUT2D eigenvalue weighted by atomic mass is 10.0. The van der Waals surface area contributed by atoms with Gasteiger partial charge >= 0.3 is 0 Å². The molecule has 4 N–H and O–H groups in total. The van der Waals surface area contributed by atoms with Gasteiger partial charge in [0.2, 0.25) is 5.91 Å². The molecule has 0 spiro atoms. The van der Waals surface area contributed by atoms with Crippen LogP contribution in [0.1, 0.15) is 10.4 Å². The lowest BCUT2D eigenvalue weighted by Crippen LogP contribution is -2.14. The summed E-state index contributed by atoms with van der Waals surface area (Å²) in [5.74, 6) is -0.181. The number of benzene rings is 3. The molecule has 0 aliphatic heterocycles. The molecule has 0 saturated carbocycles. The van der Waals surface area contributed by atoms with Gasteiger partial charge in [-0.2, -0.15) is 0 Å². The van der Waals surface area contributed by atoms with Gasteiger partial charge in [0.05, 0.1) is 22.3 Å². The molecule has 4 aromatic rings. The van der Waals surface area contributed by atoms with E-state index in [1.165, 1.54) is 0 Å². The minimum absolute atomic E-state index is 0.305. The van der Waals surface area contributed by atoms with Crippen molar-refractivity contribution in [3.8, 4) is 22.6 Å². The number of nitrogens with zero attached hydrogens (tertiary/aromatic N) is 2. The Balaban J connectivity index is 2.07. The van der Waals surface area contributed by atoms with Gasteiger partial charge in [0, 0.05) is 16.6 Å². The first-order chi connectivity index (χ1) is 12.6. The Bertz CT molecular complexity index is 1120. The smallest absolute Gasteiger partial charge is 0.249 e. The van der Waals surface area contributed by atoms with Crippen LogP contribution in [-0.2, 0) is 0 Å². The third-order valence-electron chi connectivity index (χ3n) is 4.24. The minimum atomic E-state index is -0.565. The van der Waals surface area contributed by atoms with Crippen LogP contribution in [0.4, 0.5) is 5.69 Å². The van der Waals surface area contributed by atoms with Crippen LogP contribution in [0.5, 0.6) is 0 Å². The van der Waals surface area contributed by atoms with E-state index in [2.05, 4.69) is 4.98 Å². The summed E-state index contributed by atoms with van der Waals surface area (Å²) in [6.07, 6.45) is 0. The molecule has 4 rings (SSSR count). The molecular weight excluding hydrogens is 324 g/mol. The van der Waals surface area contributed by atoms with Crippen molar-refractivity contribution in [1.29, 1.82) is 0 Å². The zero-order chi connectivity index (χ0) is 18.1. The number of nitrogens with two attached hydrogens (primary N) is 2. The van der Waals surface area contributed by atoms with Gasteiger partial charge in [-0.3, -0.25) is 4.79 Å². The maximum absolute atomic E-state index is 11.9. The van der Waals surface area contributed by atoms with E-state index in [0.717, 1.165) is 22.2 Å². The van der Waals surface area contributed by atoms with Crippen molar-refractivity contribution in [3.63, 3.8) is 0 Å². The molecule has 0 fully saturated rings. The predicted octanol–water partition coefficient (Wildman–Crippen LogP) is 3.64. The fraction of sp³-hybridized carbons (Fsp3) is 0. The van der Waals surface area contributed by atoms with Crippen molar-refractivity contribution < 1.29 is 4.79 Å². The van der Waals surface area contributed by atoms with Crippen LogP contribution in [0, 0.1) is 0 Å². The summed E-state index contributed by atoms with van der Waals surface area (Å²) in [4.78, 5) is 21.3. The van der Waals surface area contributed by atoms with E-state index in [0.29, 0.717) is 22.6 Å². The van der Waals surface area contributed by atoms with E-state index < -0.39 is 5.91 Å². The van der Waals surface area contributed by atoms with Crippen LogP contribution < -0.4 is 11.5 Å². The van der Waals surface area contributed by atoms with Gasteiger partial charge < -0.3 is 11.5 Å². The summed E-state index contributed by atoms with van der Waals surface area (Å²) in [5.41, 5.74) is 15.4. The Hall–Kier alpha value is -3.73. The van der Waals surface area contributed by atoms with E-state index in [1.54, 1.807) is 18.2 Å². The number of amides is 1. The molecule has 3 aromatic carbocycles. The number of aromatic nitrogens is 2. The van der Waals surface area contributed by atoms with Crippen LogP contribution in [0.3, 0.4) is 0 Å². The molecule has 1 amide bonds. The van der Waals surface area contributed by atoms with Crippen molar-refractivity contribution in [2.45, 2.75) is 0 Å². The number of hydrogen-bond acceptors (Lipinski definition) is 4. The number of primary amides is 1. The zero-order valence-corrected chi connectivity index (χ0v) is 13.9. The number of para-hydroxylation sites is 1. The number of nitrogen functional groups attached to an aromatic ring is 1. The van der Waals surface area contributed by atoms with Crippen LogP contribution >= 0.6 is 0 Å². The SMILES string of the molecule is NC(=O)c1cccc(N)c1-c1nc(-c2ccccc2)c2ccccc2n1. The second-order valence-corrected chi connectivity index (χ2v) is 5.91. The Morgan fingerprint density at radius 2 is 1.54 bits per heavy atom. The zero-order valence-electron chi connectivity index (χ0n) is 13.9.